The lowest BCUT2D eigenvalue weighted by molar-refractivity contribution is 0.134. The zero-order chi connectivity index (χ0) is 20.9. The zero-order valence-electron chi connectivity index (χ0n) is 17.7. The fourth-order valence-electron chi connectivity index (χ4n) is 4.41. The molecule has 0 aromatic heterocycles. The molecule has 0 bridgehead atoms. The van der Waals surface area contributed by atoms with Gasteiger partial charge in [-0.25, -0.2) is 9.18 Å². The maximum Gasteiger partial charge on any atom is 0.317 e. The van der Waals surface area contributed by atoms with Gasteiger partial charge in [-0.15, -0.1) is 0 Å². The van der Waals surface area contributed by atoms with Gasteiger partial charge in [0.2, 0.25) is 0 Å². The number of rotatable bonds is 5. The van der Waals surface area contributed by atoms with Crippen molar-refractivity contribution >= 4 is 11.7 Å². The summed E-state index contributed by atoms with van der Waals surface area (Å²) in [6.07, 6.45) is 1.04. The molecule has 1 N–H and O–H groups in total. The van der Waals surface area contributed by atoms with Gasteiger partial charge < -0.3 is 15.1 Å². The number of nitrogens with zero attached hydrogens (tertiary/aromatic N) is 3. The van der Waals surface area contributed by atoms with Crippen LogP contribution in [0.2, 0.25) is 0 Å². The van der Waals surface area contributed by atoms with Gasteiger partial charge in [-0.1, -0.05) is 29.8 Å². The molecule has 2 aromatic rings. The van der Waals surface area contributed by atoms with Gasteiger partial charge in [-0.2, -0.15) is 0 Å². The maximum atomic E-state index is 13.1. The summed E-state index contributed by atoms with van der Waals surface area (Å²) < 4.78 is 13.1. The van der Waals surface area contributed by atoms with Crippen LogP contribution in [0, 0.1) is 18.7 Å². The van der Waals surface area contributed by atoms with Crippen molar-refractivity contribution in [2.24, 2.45) is 5.92 Å². The third-order valence-electron chi connectivity index (χ3n) is 6.17. The first-order valence-electron chi connectivity index (χ1n) is 10.9. The molecule has 1 atom stereocenters. The zero-order valence-corrected chi connectivity index (χ0v) is 17.7. The van der Waals surface area contributed by atoms with Crippen LogP contribution in [0.25, 0.3) is 0 Å². The van der Waals surface area contributed by atoms with Crippen LogP contribution in [0.15, 0.2) is 48.5 Å². The van der Waals surface area contributed by atoms with Crippen molar-refractivity contribution < 1.29 is 9.18 Å². The molecule has 2 saturated heterocycles. The third kappa shape index (κ3) is 5.30. The standard InChI is InChI=1S/C24H31FN4O/c1-19-3-2-4-20(15-19)17-27-11-13-28(14-12-27)24(30)26-16-21-9-10-29(18-21)23-7-5-22(25)6-8-23/h2-8,15,21H,9-14,16-18H2,1H3,(H,26,30). The number of halogens is 1. The van der Waals surface area contributed by atoms with E-state index in [0.717, 1.165) is 57.9 Å². The lowest BCUT2D eigenvalue weighted by atomic mass is 10.1. The number of benzene rings is 2. The Balaban J connectivity index is 1.18. The molecule has 2 aliphatic rings. The van der Waals surface area contributed by atoms with Crippen molar-refractivity contribution in [1.29, 1.82) is 0 Å². The van der Waals surface area contributed by atoms with Gasteiger partial charge in [0.05, 0.1) is 0 Å². The first-order chi connectivity index (χ1) is 14.6. The molecule has 2 aromatic carbocycles. The Hall–Kier alpha value is -2.60. The SMILES string of the molecule is Cc1cccc(CN2CCN(C(=O)NCC3CCN(c4ccc(F)cc4)C3)CC2)c1. The average Bonchev–Trinajstić information content (AvgIpc) is 3.22. The predicted octanol–water partition coefficient (Wildman–Crippen LogP) is 3.49. The summed E-state index contributed by atoms with van der Waals surface area (Å²) in [5.41, 5.74) is 3.67. The van der Waals surface area contributed by atoms with Crippen molar-refractivity contribution in [2.45, 2.75) is 19.9 Å². The van der Waals surface area contributed by atoms with Gasteiger partial charge in [-0.05, 0) is 49.1 Å². The number of aryl methyl sites for hydroxylation is 1. The van der Waals surface area contributed by atoms with Gasteiger partial charge in [0.1, 0.15) is 5.82 Å². The highest BCUT2D eigenvalue weighted by Crippen LogP contribution is 2.23. The molecule has 0 saturated carbocycles. The molecule has 2 amide bonds. The topological polar surface area (TPSA) is 38.8 Å². The van der Waals surface area contributed by atoms with Gasteiger partial charge in [0, 0.05) is 58.0 Å². The van der Waals surface area contributed by atoms with Crippen molar-refractivity contribution in [1.82, 2.24) is 15.1 Å². The molecule has 30 heavy (non-hydrogen) atoms. The first-order valence-corrected chi connectivity index (χ1v) is 10.9. The van der Waals surface area contributed by atoms with Crippen molar-refractivity contribution in [3.63, 3.8) is 0 Å². The van der Waals surface area contributed by atoms with Crippen LogP contribution in [0.1, 0.15) is 17.5 Å². The van der Waals surface area contributed by atoms with E-state index in [0.29, 0.717) is 12.5 Å². The Morgan fingerprint density at radius 3 is 2.57 bits per heavy atom. The van der Waals surface area contributed by atoms with Crippen LogP contribution in [0.3, 0.4) is 0 Å². The Bertz CT molecular complexity index is 849. The number of hydrogen-bond donors (Lipinski definition) is 1. The van der Waals surface area contributed by atoms with E-state index in [1.165, 1.54) is 23.3 Å². The lowest BCUT2D eigenvalue weighted by Gasteiger charge is -2.35. The highest BCUT2D eigenvalue weighted by Gasteiger charge is 2.25. The van der Waals surface area contributed by atoms with E-state index < -0.39 is 0 Å². The molecule has 160 valence electrons. The molecule has 0 radical (unpaired) electrons. The summed E-state index contributed by atoms with van der Waals surface area (Å²) in [5.74, 6) is 0.224. The van der Waals surface area contributed by atoms with Gasteiger partial charge in [0.15, 0.2) is 0 Å². The molecule has 1 unspecified atom stereocenters. The molecular weight excluding hydrogens is 379 g/mol. The van der Waals surface area contributed by atoms with Crippen molar-refractivity contribution in [3.8, 4) is 0 Å². The van der Waals surface area contributed by atoms with E-state index in [4.69, 9.17) is 0 Å². The first kappa shape index (κ1) is 20.7. The number of urea groups is 1. The van der Waals surface area contributed by atoms with E-state index in [1.54, 1.807) is 0 Å². The van der Waals surface area contributed by atoms with Crippen molar-refractivity contribution in [2.75, 3.05) is 50.7 Å². The van der Waals surface area contributed by atoms with E-state index in [2.05, 4.69) is 46.3 Å². The Kier molecular flexibility index (Phi) is 6.53. The Morgan fingerprint density at radius 2 is 1.83 bits per heavy atom. The van der Waals surface area contributed by atoms with Crippen molar-refractivity contribution in [3.05, 3.63) is 65.5 Å². The summed E-state index contributed by atoms with van der Waals surface area (Å²) >= 11 is 0. The van der Waals surface area contributed by atoms with E-state index in [9.17, 15) is 9.18 Å². The number of amides is 2. The second-order valence-electron chi connectivity index (χ2n) is 8.52. The molecule has 4 rings (SSSR count). The molecular formula is C24H31FN4O. The summed E-state index contributed by atoms with van der Waals surface area (Å²) in [6.45, 7) is 8.95. The summed E-state index contributed by atoms with van der Waals surface area (Å²) in [7, 11) is 0. The smallest absolute Gasteiger partial charge is 0.317 e. The quantitative estimate of drug-likeness (QED) is 0.820. The summed E-state index contributed by atoms with van der Waals surface area (Å²) in [6, 6.07) is 15.3. The number of hydrogen-bond acceptors (Lipinski definition) is 3. The molecule has 2 heterocycles. The highest BCUT2D eigenvalue weighted by molar-refractivity contribution is 5.74. The Labute approximate surface area is 178 Å². The van der Waals surface area contributed by atoms with Crippen LogP contribution < -0.4 is 10.2 Å². The maximum absolute atomic E-state index is 13.1. The summed E-state index contributed by atoms with van der Waals surface area (Å²) in [5, 5.41) is 3.13. The second kappa shape index (κ2) is 9.47. The molecule has 6 heteroatoms. The second-order valence-corrected chi connectivity index (χ2v) is 8.52. The normalized spacial score (nSPS) is 19.9. The van der Waals surface area contributed by atoms with Crippen LogP contribution in [0.5, 0.6) is 0 Å². The number of piperazine rings is 1. The largest absolute Gasteiger partial charge is 0.371 e. The monoisotopic (exact) mass is 410 g/mol. The minimum absolute atomic E-state index is 0.0467. The molecule has 0 aliphatic carbocycles. The predicted molar refractivity (Wildman–Crippen MR) is 118 cm³/mol. The van der Waals surface area contributed by atoms with Crippen LogP contribution in [-0.2, 0) is 6.54 Å². The number of nitrogens with one attached hydrogen (secondary N) is 1. The van der Waals surface area contributed by atoms with Gasteiger partial charge in [0.25, 0.3) is 0 Å². The van der Waals surface area contributed by atoms with E-state index in [-0.39, 0.29) is 11.8 Å². The van der Waals surface area contributed by atoms with Crippen LogP contribution in [-0.4, -0.2) is 61.6 Å². The fourth-order valence-corrected chi connectivity index (χ4v) is 4.41. The Morgan fingerprint density at radius 1 is 1.07 bits per heavy atom. The minimum atomic E-state index is -0.208. The van der Waals surface area contributed by atoms with E-state index in [1.807, 2.05) is 17.0 Å². The molecule has 0 spiro atoms. The van der Waals surface area contributed by atoms with Gasteiger partial charge >= 0.3 is 6.03 Å². The lowest BCUT2D eigenvalue weighted by Crippen LogP contribution is -2.52. The molecule has 5 nitrogen and oxygen atoms in total. The third-order valence-corrected chi connectivity index (χ3v) is 6.17. The number of anilines is 1. The van der Waals surface area contributed by atoms with Crippen LogP contribution >= 0.6 is 0 Å². The minimum Gasteiger partial charge on any atom is -0.371 e. The van der Waals surface area contributed by atoms with Crippen LogP contribution in [0.4, 0.5) is 14.9 Å². The van der Waals surface area contributed by atoms with Gasteiger partial charge in [-0.3, -0.25) is 4.90 Å². The van der Waals surface area contributed by atoms with E-state index >= 15 is 0 Å². The highest BCUT2D eigenvalue weighted by atomic mass is 19.1. The number of carbonyl (C=O) groups is 1. The summed E-state index contributed by atoms with van der Waals surface area (Å²) in [4.78, 5) is 19.2. The number of carbonyl (C=O) groups excluding carboxylic acids is 1. The molecule has 2 fully saturated rings. The average molecular weight is 411 g/mol. The molecule has 2 aliphatic heterocycles. The fraction of sp³-hybridized carbons (Fsp3) is 0.458.